The molecule has 2 rings (SSSR count). The van der Waals surface area contributed by atoms with Crippen molar-refractivity contribution in [3.63, 3.8) is 0 Å². The number of aryl methyl sites for hydroxylation is 1. The summed E-state index contributed by atoms with van der Waals surface area (Å²) in [6.45, 7) is 6.28. The minimum atomic E-state index is -0.212. The molecule has 0 saturated heterocycles. The summed E-state index contributed by atoms with van der Waals surface area (Å²) in [5.74, 6) is 3.71. The summed E-state index contributed by atoms with van der Waals surface area (Å²) >= 11 is 0. The van der Waals surface area contributed by atoms with Gasteiger partial charge in [0.2, 0.25) is 0 Å². The number of nitrogens with one attached hydrogen (secondary N) is 1. The van der Waals surface area contributed by atoms with Gasteiger partial charge in [0.25, 0.3) is 0 Å². The molecule has 1 aromatic rings. The van der Waals surface area contributed by atoms with Gasteiger partial charge in [-0.25, -0.2) is 0 Å². The predicted molar refractivity (Wildman–Crippen MR) is 132 cm³/mol. The van der Waals surface area contributed by atoms with Crippen LogP contribution in [-0.4, -0.2) is 47.8 Å². The van der Waals surface area contributed by atoms with Crippen molar-refractivity contribution in [3.8, 4) is 11.5 Å². The van der Waals surface area contributed by atoms with E-state index in [1.165, 1.54) is 5.56 Å². The average Bonchev–Trinajstić information content (AvgIpc) is 2.83. The predicted octanol–water partition coefficient (Wildman–Crippen LogP) is 4.93. The first-order chi connectivity index (χ1) is 15.9. The molecule has 6 heteroatoms. The Kier molecular flexibility index (Phi) is 10.8. The van der Waals surface area contributed by atoms with Crippen LogP contribution in [-0.2, 0) is 20.7 Å². The summed E-state index contributed by atoms with van der Waals surface area (Å²) in [7, 11) is 6.71. The zero-order valence-corrected chi connectivity index (χ0v) is 21.1. The lowest BCUT2D eigenvalue weighted by Crippen LogP contribution is -2.40. The lowest BCUT2D eigenvalue weighted by molar-refractivity contribution is -0.109. The lowest BCUT2D eigenvalue weighted by Gasteiger charge is -2.45. The number of methoxy groups -OCH3 is 4. The molecule has 1 aliphatic carbocycles. The average molecular weight is 460 g/mol. The lowest BCUT2D eigenvalue weighted by atomic mass is 9.61. The maximum atomic E-state index is 11.5. The fourth-order valence-corrected chi connectivity index (χ4v) is 4.97. The van der Waals surface area contributed by atoms with Crippen molar-refractivity contribution < 1.29 is 23.7 Å². The van der Waals surface area contributed by atoms with E-state index in [1.807, 2.05) is 12.1 Å². The first kappa shape index (κ1) is 26.8. The van der Waals surface area contributed by atoms with Crippen LogP contribution in [0.15, 0.2) is 41.9 Å². The van der Waals surface area contributed by atoms with E-state index in [2.05, 4.69) is 37.4 Å². The van der Waals surface area contributed by atoms with Crippen LogP contribution in [0.3, 0.4) is 0 Å². The fraction of sp³-hybridized carbons (Fsp3) is 0.593. The van der Waals surface area contributed by atoms with Crippen molar-refractivity contribution in [2.75, 3.05) is 41.5 Å². The third kappa shape index (κ3) is 6.76. The molecule has 2 atom stereocenters. The molecule has 0 aliphatic heterocycles. The second-order valence-corrected chi connectivity index (χ2v) is 8.87. The van der Waals surface area contributed by atoms with Crippen molar-refractivity contribution >= 4 is 6.29 Å². The number of ether oxygens (including phenoxy) is 4. The topological polar surface area (TPSA) is 66.0 Å². The maximum Gasteiger partial charge on any atom is 0.122 e. The van der Waals surface area contributed by atoms with E-state index < -0.39 is 0 Å². The van der Waals surface area contributed by atoms with Crippen LogP contribution < -0.4 is 14.8 Å². The number of carbonyl (C=O) groups is 1. The summed E-state index contributed by atoms with van der Waals surface area (Å²) in [5.41, 5.74) is 0.998. The highest BCUT2D eigenvalue weighted by Gasteiger charge is 2.46. The van der Waals surface area contributed by atoms with Gasteiger partial charge in [-0.15, -0.1) is 0 Å². The Bertz CT molecular complexity index is 794. The number of rotatable bonds is 15. The van der Waals surface area contributed by atoms with Crippen molar-refractivity contribution in [1.29, 1.82) is 0 Å². The third-order valence-corrected chi connectivity index (χ3v) is 6.77. The van der Waals surface area contributed by atoms with Gasteiger partial charge in [-0.05, 0) is 68.5 Å². The molecule has 33 heavy (non-hydrogen) atoms. The number of hydrogen-bond acceptors (Lipinski definition) is 6. The summed E-state index contributed by atoms with van der Waals surface area (Å²) < 4.78 is 22.0. The summed E-state index contributed by atoms with van der Waals surface area (Å²) in [6.07, 6.45) is 9.47. The molecule has 0 fully saturated rings. The summed E-state index contributed by atoms with van der Waals surface area (Å²) in [5, 5.41) is 3.58. The van der Waals surface area contributed by atoms with Crippen LogP contribution in [0.25, 0.3) is 0 Å². The highest BCUT2D eigenvalue weighted by atomic mass is 16.5. The quantitative estimate of drug-likeness (QED) is 0.296. The third-order valence-electron chi connectivity index (χ3n) is 6.77. The number of benzene rings is 1. The van der Waals surface area contributed by atoms with Crippen molar-refractivity contribution in [3.05, 3.63) is 47.4 Å². The molecule has 0 aromatic heterocycles. The second-order valence-electron chi connectivity index (χ2n) is 8.87. The number of allylic oxidation sites excluding steroid dienone is 3. The Morgan fingerprint density at radius 2 is 1.64 bits per heavy atom. The highest BCUT2D eigenvalue weighted by molar-refractivity contribution is 5.52. The van der Waals surface area contributed by atoms with E-state index in [-0.39, 0.29) is 11.3 Å². The maximum absolute atomic E-state index is 11.5. The molecule has 0 bridgehead atoms. The Labute approximate surface area is 199 Å². The van der Waals surface area contributed by atoms with E-state index >= 15 is 0 Å². The van der Waals surface area contributed by atoms with E-state index in [9.17, 15) is 4.79 Å². The van der Waals surface area contributed by atoms with Crippen LogP contribution in [0.5, 0.6) is 11.5 Å². The SMILES string of the molecule is COC1=C[C@@H](CC=O)C(CCCNCCCc2cc(OC)cc(OC)c2)(C(C)C)C(OC)=C1. The highest BCUT2D eigenvalue weighted by Crippen LogP contribution is 2.51. The molecule has 0 heterocycles. The van der Waals surface area contributed by atoms with Gasteiger partial charge < -0.3 is 29.1 Å². The minimum absolute atomic E-state index is 0.0629. The first-order valence-electron chi connectivity index (χ1n) is 11.8. The second kappa shape index (κ2) is 13.3. The molecule has 184 valence electrons. The number of carbonyl (C=O) groups excluding carboxylic acids is 1. The molecule has 0 radical (unpaired) electrons. The van der Waals surface area contributed by atoms with Gasteiger partial charge in [-0.1, -0.05) is 13.8 Å². The van der Waals surface area contributed by atoms with Crippen molar-refractivity contribution in [1.82, 2.24) is 5.32 Å². The molecule has 1 aliphatic rings. The fourth-order valence-electron chi connectivity index (χ4n) is 4.97. The molecule has 6 nitrogen and oxygen atoms in total. The van der Waals surface area contributed by atoms with Gasteiger partial charge in [-0.3, -0.25) is 0 Å². The number of aldehydes is 1. The van der Waals surface area contributed by atoms with Crippen molar-refractivity contribution in [2.45, 2.75) is 46.0 Å². The molecule has 0 spiro atoms. The number of hydrogen-bond donors (Lipinski definition) is 1. The standard InChI is InChI=1S/C27H41NO5/c1-20(2)27(22(10-14-29)17-25(32-5)19-26(27)33-6)11-8-13-28-12-7-9-21-15-23(30-3)18-24(16-21)31-4/h14-20,22,28H,7-13H2,1-6H3/t22-,27?/m1/s1. The monoisotopic (exact) mass is 459 g/mol. The minimum Gasteiger partial charge on any atom is -0.500 e. The van der Waals surface area contributed by atoms with E-state index in [0.717, 1.165) is 68.1 Å². The normalized spacial score (nSPS) is 20.2. The zero-order chi connectivity index (χ0) is 24.3. The van der Waals surface area contributed by atoms with Gasteiger partial charge >= 0.3 is 0 Å². The van der Waals surface area contributed by atoms with E-state index in [4.69, 9.17) is 18.9 Å². The molecule has 1 N–H and O–H groups in total. The molecule has 1 aromatic carbocycles. The molecule has 0 amide bonds. The Balaban J connectivity index is 1.91. The van der Waals surface area contributed by atoms with E-state index in [0.29, 0.717) is 12.3 Å². The van der Waals surface area contributed by atoms with Crippen LogP contribution in [0.1, 0.15) is 45.1 Å². The van der Waals surface area contributed by atoms with Crippen molar-refractivity contribution in [2.24, 2.45) is 17.3 Å². The van der Waals surface area contributed by atoms with Gasteiger partial charge in [-0.2, -0.15) is 0 Å². The molecular formula is C27H41NO5. The van der Waals surface area contributed by atoms with Gasteiger partial charge in [0.15, 0.2) is 0 Å². The van der Waals surface area contributed by atoms with Gasteiger partial charge in [0, 0.05) is 29.9 Å². The van der Waals surface area contributed by atoms with E-state index in [1.54, 1.807) is 28.4 Å². The van der Waals surface area contributed by atoms with Gasteiger partial charge in [0.05, 0.1) is 28.4 Å². The van der Waals surface area contributed by atoms with Crippen LogP contribution in [0, 0.1) is 17.3 Å². The Morgan fingerprint density at radius 1 is 0.970 bits per heavy atom. The van der Waals surface area contributed by atoms with Gasteiger partial charge in [0.1, 0.15) is 29.3 Å². The first-order valence-corrected chi connectivity index (χ1v) is 11.8. The largest absolute Gasteiger partial charge is 0.500 e. The summed E-state index contributed by atoms with van der Waals surface area (Å²) in [4.78, 5) is 11.5. The Morgan fingerprint density at radius 3 is 2.18 bits per heavy atom. The molecule has 0 saturated carbocycles. The Hall–Kier alpha value is -2.47. The summed E-state index contributed by atoms with van der Waals surface area (Å²) in [6, 6.07) is 6.01. The zero-order valence-electron chi connectivity index (χ0n) is 21.1. The molecule has 1 unspecified atom stereocenters. The van der Waals surface area contributed by atoms with Crippen LogP contribution in [0.4, 0.5) is 0 Å². The van der Waals surface area contributed by atoms with Crippen LogP contribution in [0.2, 0.25) is 0 Å². The molecular weight excluding hydrogens is 418 g/mol. The van der Waals surface area contributed by atoms with Crippen LogP contribution >= 0.6 is 0 Å². The smallest absolute Gasteiger partial charge is 0.122 e.